The predicted octanol–water partition coefficient (Wildman–Crippen LogP) is 3.63. The number of benzene rings is 2. The highest BCUT2D eigenvalue weighted by Crippen LogP contribution is 2.66. The molecule has 2 heterocycles. The van der Waals surface area contributed by atoms with Crippen LogP contribution in [0.5, 0.6) is 5.75 Å². The molecule has 29 heavy (non-hydrogen) atoms. The Kier molecular flexibility index (Phi) is 3.94. The van der Waals surface area contributed by atoms with Crippen molar-refractivity contribution in [2.24, 2.45) is 0 Å². The van der Waals surface area contributed by atoms with E-state index >= 15 is 0 Å². The topological polar surface area (TPSA) is 86.4 Å². The third-order valence-electron chi connectivity index (χ3n) is 6.09. The molecule has 0 bridgehead atoms. The van der Waals surface area contributed by atoms with E-state index in [4.69, 9.17) is 16.3 Å². The van der Waals surface area contributed by atoms with Crippen molar-refractivity contribution in [2.45, 2.75) is 29.6 Å². The number of rotatable bonds is 2. The molecule has 0 radical (unpaired) electrons. The Balaban J connectivity index is 1.79. The number of halogens is 1. The highest BCUT2D eigenvalue weighted by molar-refractivity contribution is 6.30. The lowest BCUT2D eigenvalue weighted by atomic mass is 9.72. The summed E-state index contributed by atoms with van der Waals surface area (Å²) >= 11 is 6.12. The van der Waals surface area contributed by atoms with Gasteiger partial charge in [0.25, 0.3) is 0 Å². The van der Waals surface area contributed by atoms with Crippen LogP contribution in [0.1, 0.15) is 34.7 Å². The second-order valence-electron chi connectivity index (χ2n) is 7.51. The standard InChI is InChI=1S/C23H17ClN2O3/c24-17-10-19-21(26-13-17)22(28)20(27)11-18(15-4-2-1-3-5-15)23(22,29-19)16-8-6-14(12-25)7-9-16/h1-10,13,18,20,27-28H,11H2/t18-,20-,22+,23-/m0/s1. The van der Waals surface area contributed by atoms with Crippen LogP contribution in [-0.2, 0) is 11.2 Å². The molecule has 144 valence electrons. The molecule has 2 aromatic carbocycles. The summed E-state index contributed by atoms with van der Waals surface area (Å²) in [7, 11) is 0. The molecule has 1 fully saturated rings. The maximum atomic E-state index is 12.0. The van der Waals surface area contributed by atoms with Crippen molar-refractivity contribution < 1.29 is 14.9 Å². The van der Waals surface area contributed by atoms with Crippen molar-refractivity contribution in [1.82, 2.24) is 4.98 Å². The van der Waals surface area contributed by atoms with Gasteiger partial charge in [-0.25, -0.2) is 0 Å². The maximum Gasteiger partial charge on any atom is 0.180 e. The van der Waals surface area contributed by atoms with E-state index in [0.717, 1.165) is 5.56 Å². The summed E-state index contributed by atoms with van der Waals surface area (Å²) in [6.45, 7) is 0. The fourth-order valence-electron chi connectivity index (χ4n) is 4.84. The van der Waals surface area contributed by atoms with Crippen LogP contribution in [0, 0.1) is 11.3 Å². The van der Waals surface area contributed by atoms with Crippen molar-refractivity contribution in [3.8, 4) is 11.8 Å². The summed E-state index contributed by atoms with van der Waals surface area (Å²) in [5, 5.41) is 32.6. The number of hydrogen-bond donors (Lipinski definition) is 2. The number of pyridine rings is 1. The second kappa shape index (κ2) is 6.30. The summed E-state index contributed by atoms with van der Waals surface area (Å²) in [6, 6.07) is 20.3. The fraction of sp³-hybridized carbons (Fsp3) is 0.217. The SMILES string of the molecule is N#Cc1ccc([C@@]23Oc4cc(Cl)cnc4[C@]2(O)[C@@H](O)C[C@H]3c2ccccc2)cc1. The Hall–Kier alpha value is -2.91. The van der Waals surface area contributed by atoms with E-state index in [1.807, 2.05) is 30.3 Å². The highest BCUT2D eigenvalue weighted by Gasteiger charge is 2.73. The number of aliphatic hydroxyl groups is 2. The second-order valence-corrected chi connectivity index (χ2v) is 7.94. The van der Waals surface area contributed by atoms with E-state index in [0.29, 0.717) is 28.3 Å². The third-order valence-corrected chi connectivity index (χ3v) is 6.30. The van der Waals surface area contributed by atoms with Crippen LogP contribution in [0.3, 0.4) is 0 Å². The van der Waals surface area contributed by atoms with Gasteiger partial charge in [0, 0.05) is 18.2 Å². The first-order valence-corrected chi connectivity index (χ1v) is 9.69. The molecule has 0 spiro atoms. The maximum absolute atomic E-state index is 12.0. The van der Waals surface area contributed by atoms with Gasteiger partial charge >= 0.3 is 0 Å². The summed E-state index contributed by atoms with van der Waals surface area (Å²) in [6.07, 6.45) is 0.641. The summed E-state index contributed by atoms with van der Waals surface area (Å²) < 4.78 is 6.46. The normalized spacial score (nSPS) is 29.6. The molecule has 0 unspecified atom stereocenters. The molecule has 0 amide bonds. The number of nitriles is 1. The van der Waals surface area contributed by atoms with E-state index in [1.54, 1.807) is 30.3 Å². The van der Waals surface area contributed by atoms with Crippen molar-refractivity contribution >= 4 is 11.6 Å². The Labute approximate surface area is 172 Å². The molecular weight excluding hydrogens is 388 g/mol. The van der Waals surface area contributed by atoms with E-state index < -0.39 is 17.3 Å². The Morgan fingerprint density at radius 2 is 1.86 bits per heavy atom. The monoisotopic (exact) mass is 404 g/mol. The van der Waals surface area contributed by atoms with Crippen LogP contribution in [0.4, 0.5) is 0 Å². The lowest BCUT2D eigenvalue weighted by Crippen LogP contribution is -2.52. The van der Waals surface area contributed by atoms with E-state index in [1.165, 1.54) is 6.20 Å². The third kappa shape index (κ3) is 2.31. The zero-order chi connectivity index (χ0) is 20.2. The van der Waals surface area contributed by atoms with Crippen LogP contribution in [-0.4, -0.2) is 21.3 Å². The summed E-state index contributed by atoms with van der Waals surface area (Å²) in [4.78, 5) is 4.34. The molecule has 4 atom stereocenters. The van der Waals surface area contributed by atoms with Crippen LogP contribution < -0.4 is 4.74 Å². The molecule has 3 aromatic rings. The predicted molar refractivity (Wildman–Crippen MR) is 106 cm³/mol. The van der Waals surface area contributed by atoms with Crippen molar-refractivity contribution in [2.75, 3.05) is 0 Å². The molecule has 1 aliphatic carbocycles. The molecule has 1 aliphatic heterocycles. The molecule has 2 aliphatic rings. The van der Waals surface area contributed by atoms with Crippen LogP contribution >= 0.6 is 11.6 Å². The molecule has 0 saturated heterocycles. The largest absolute Gasteiger partial charge is 0.476 e. The van der Waals surface area contributed by atoms with Gasteiger partial charge < -0.3 is 14.9 Å². The lowest BCUT2D eigenvalue weighted by molar-refractivity contribution is -0.151. The van der Waals surface area contributed by atoms with Gasteiger partial charge in [-0.05, 0) is 29.7 Å². The van der Waals surface area contributed by atoms with Crippen molar-refractivity contribution in [1.29, 1.82) is 5.26 Å². The number of hydrogen-bond acceptors (Lipinski definition) is 5. The first-order chi connectivity index (χ1) is 14.0. The number of ether oxygens (including phenoxy) is 1. The quantitative estimate of drug-likeness (QED) is 0.681. The van der Waals surface area contributed by atoms with Gasteiger partial charge in [-0.2, -0.15) is 5.26 Å². The first-order valence-electron chi connectivity index (χ1n) is 9.32. The average Bonchev–Trinajstić information content (AvgIpc) is 3.14. The van der Waals surface area contributed by atoms with E-state index in [-0.39, 0.29) is 11.6 Å². The zero-order valence-corrected chi connectivity index (χ0v) is 16.0. The first kappa shape index (κ1) is 18.1. The molecule has 5 rings (SSSR count). The van der Waals surface area contributed by atoms with Crippen molar-refractivity contribution in [3.05, 3.63) is 94.3 Å². The molecule has 5 nitrogen and oxygen atoms in total. The Morgan fingerprint density at radius 1 is 1.14 bits per heavy atom. The molecule has 6 heteroatoms. The number of nitrogens with zero attached hydrogens (tertiary/aromatic N) is 2. The van der Waals surface area contributed by atoms with E-state index in [2.05, 4.69) is 11.1 Å². The van der Waals surface area contributed by atoms with Gasteiger partial charge in [-0.3, -0.25) is 4.98 Å². The van der Waals surface area contributed by atoms with Crippen LogP contribution in [0.25, 0.3) is 0 Å². The fourth-order valence-corrected chi connectivity index (χ4v) is 4.99. The van der Waals surface area contributed by atoms with Gasteiger partial charge in [0.05, 0.1) is 22.8 Å². The van der Waals surface area contributed by atoms with Crippen LogP contribution in [0.2, 0.25) is 5.02 Å². The minimum atomic E-state index is -1.76. The zero-order valence-electron chi connectivity index (χ0n) is 15.3. The molecular formula is C23H17ClN2O3. The number of aromatic nitrogens is 1. The van der Waals surface area contributed by atoms with Gasteiger partial charge in [0.15, 0.2) is 11.2 Å². The minimum absolute atomic E-state index is 0.275. The summed E-state index contributed by atoms with van der Waals surface area (Å²) in [5.41, 5.74) is -0.690. The van der Waals surface area contributed by atoms with Crippen molar-refractivity contribution in [3.63, 3.8) is 0 Å². The molecule has 1 saturated carbocycles. The highest BCUT2D eigenvalue weighted by atomic mass is 35.5. The minimum Gasteiger partial charge on any atom is -0.476 e. The van der Waals surface area contributed by atoms with Gasteiger partial charge in [-0.15, -0.1) is 0 Å². The lowest BCUT2D eigenvalue weighted by Gasteiger charge is -2.40. The number of aliphatic hydroxyl groups excluding tert-OH is 1. The Bertz CT molecular complexity index is 1130. The van der Waals surface area contributed by atoms with Crippen LogP contribution in [0.15, 0.2) is 66.9 Å². The summed E-state index contributed by atoms with van der Waals surface area (Å²) in [5.74, 6) is 0.00801. The Morgan fingerprint density at radius 3 is 2.55 bits per heavy atom. The molecule has 1 aromatic heterocycles. The van der Waals surface area contributed by atoms with Gasteiger partial charge in [0.2, 0.25) is 0 Å². The average molecular weight is 405 g/mol. The van der Waals surface area contributed by atoms with Gasteiger partial charge in [0.1, 0.15) is 11.4 Å². The number of fused-ring (bicyclic) bond motifs is 3. The van der Waals surface area contributed by atoms with E-state index in [9.17, 15) is 15.5 Å². The molecule has 2 N–H and O–H groups in total. The smallest absolute Gasteiger partial charge is 0.180 e. The van der Waals surface area contributed by atoms with Gasteiger partial charge in [-0.1, -0.05) is 54.1 Å².